The van der Waals surface area contributed by atoms with E-state index < -0.39 is 0 Å². The third kappa shape index (κ3) is 3.47. The van der Waals surface area contributed by atoms with Crippen molar-refractivity contribution in [1.29, 1.82) is 0 Å². The van der Waals surface area contributed by atoms with Crippen LogP contribution in [0, 0.1) is 0 Å². The van der Waals surface area contributed by atoms with Gasteiger partial charge < -0.3 is 10.1 Å². The minimum Gasteiger partial charge on any atom is -0.382 e. The second kappa shape index (κ2) is 6.63. The largest absolute Gasteiger partial charge is 0.382 e. The fourth-order valence-corrected chi connectivity index (χ4v) is 3.42. The Bertz CT molecular complexity index is 626. The molecule has 0 saturated carbocycles. The molecule has 0 fully saturated rings. The maximum Gasteiger partial charge on any atom is 0.0733 e. The Kier molecular flexibility index (Phi) is 4.61. The SMILES string of the molecule is COCc1ccccc1NC1CCc2cc(Br)ccc2C1. The van der Waals surface area contributed by atoms with Crippen molar-refractivity contribution in [2.75, 3.05) is 12.4 Å². The van der Waals surface area contributed by atoms with Crippen LogP contribution in [-0.2, 0) is 24.2 Å². The van der Waals surface area contributed by atoms with E-state index >= 15 is 0 Å². The number of methoxy groups -OCH3 is 1. The van der Waals surface area contributed by atoms with E-state index in [0.29, 0.717) is 12.6 Å². The molecule has 0 aromatic heterocycles. The number of hydrogen-bond acceptors (Lipinski definition) is 2. The van der Waals surface area contributed by atoms with Crippen LogP contribution in [0.5, 0.6) is 0 Å². The van der Waals surface area contributed by atoms with Crippen LogP contribution in [-0.4, -0.2) is 13.2 Å². The zero-order chi connectivity index (χ0) is 14.7. The van der Waals surface area contributed by atoms with Crippen molar-refractivity contribution in [3.05, 3.63) is 63.6 Å². The topological polar surface area (TPSA) is 21.3 Å². The third-order valence-corrected chi connectivity index (χ3v) is 4.57. The van der Waals surface area contributed by atoms with Gasteiger partial charge in [0.05, 0.1) is 6.61 Å². The lowest BCUT2D eigenvalue weighted by Gasteiger charge is -2.27. The van der Waals surface area contributed by atoms with Crippen molar-refractivity contribution < 1.29 is 4.74 Å². The van der Waals surface area contributed by atoms with Gasteiger partial charge in [0.25, 0.3) is 0 Å². The summed E-state index contributed by atoms with van der Waals surface area (Å²) in [5.74, 6) is 0. The van der Waals surface area contributed by atoms with E-state index in [-0.39, 0.29) is 0 Å². The Balaban J connectivity index is 1.74. The first-order chi connectivity index (χ1) is 10.3. The van der Waals surface area contributed by atoms with E-state index in [1.165, 1.54) is 33.3 Å². The maximum atomic E-state index is 5.28. The van der Waals surface area contributed by atoms with Crippen molar-refractivity contribution in [2.24, 2.45) is 0 Å². The van der Waals surface area contributed by atoms with Crippen LogP contribution in [0.1, 0.15) is 23.1 Å². The molecule has 2 aromatic carbocycles. The zero-order valence-corrected chi connectivity index (χ0v) is 13.8. The second-order valence-corrected chi connectivity index (χ2v) is 6.50. The summed E-state index contributed by atoms with van der Waals surface area (Å²) in [5, 5.41) is 3.70. The standard InChI is InChI=1S/C18H20BrNO/c1-21-12-15-4-2-3-5-18(15)20-17-9-7-13-10-16(19)8-6-14(13)11-17/h2-6,8,10,17,20H,7,9,11-12H2,1H3. The van der Waals surface area contributed by atoms with Gasteiger partial charge in [-0.1, -0.05) is 40.2 Å². The van der Waals surface area contributed by atoms with Gasteiger partial charge in [0.1, 0.15) is 0 Å². The maximum absolute atomic E-state index is 5.28. The monoisotopic (exact) mass is 345 g/mol. The van der Waals surface area contributed by atoms with Crippen molar-refractivity contribution in [3.63, 3.8) is 0 Å². The first kappa shape index (κ1) is 14.6. The predicted octanol–water partition coefficient (Wildman–Crippen LogP) is 4.56. The molecule has 2 nitrogen and oxygen atoms in total. The summed E-state index contributed by atoms with van der Waals surface area (Å²) in [6, 6.07) is 15.5. The van der Waals surface area contributed by atoms with E-state index in [9.17, 15) is 0 Å². The molecule has 0 amide bonds. The van der Waals surface area contributed by atoms with Crippen LogP contribution in [0.3, 0.4) is 0 Å². The normalized spacial score (nSPS) is 17.3. The summed E-state index contributed by atoms with van der Waals surface area (Å²) < 4.78 is 6.46. The smallest absolute Gasteiger partial charge is 0.0733 e. The highest BCUT2D eigenvalue weighted by Gasteiger charge is 2.19. The number of hydrogen-bond donors (Lipinski definition) is 1. The van der Waals surface area contributed by atoms with Gasteiger partial charge in [-0.15, -0.1) is 0 Å². The van der Waals surface area contributed by atoms with Crippen molar-refractivity contribution in [1.82, 2.24) is 0 Å². The lowest BCUT2D eigenvalue weighted by Crippen LogP contribution is -2.27. The number of benzene rings is 2. The second-order valence-electron chi connectivity index (χ2n) is 5.59. The summed E-state index contributed by atoms with van der Waals surface area (Å²) in [5.41, 5.74) is 5.37. The number of anilines is 1. The van der Waals surface area contributed by atoms with E-state index in [1.807, 2.05) is 0 Å². The molecular formula is C18H20BrNO. The molecule has 1 aliphatic rings. The Hall–Kier alpha value is -1.32. The van der Waals surface area contributed by atoms with Crippen molar-refractivity contribution in [2.45, 2.75) is 31.9 Å². The van der Waals surface area contributed by atoms with Crippen LogP contribution in [0.2, 0.25) is 0 Å². The Morgan fingerprint density at radius 3 is 2.90 bits per heavy atom. The summed E-state index contributed by atoms with van der Waals surface area (Å²) >= 11 is 3.56. The van der Waals surface area contributed by atoms with Gasteiger partial charge in [0, 0.05) is 28.9 Å². The van der Waals surface area contributed by atoms with Crippen LogP contribution in [0.4, 0.5) is 5.69 Å². The van der Waals surface area contributed by atoms with Gasteiger partial charge in [-0.3, -0.25) is 0 Å². The van der Waals surface area contributed by atoms with E-state index in [1.54, 1.807) is 7.11 Å². The molecule has 0 aliphatic heterocycles. The molecule has 21 heavy (non-hydrogen) atoms. The molecule has 0 saturated heterocycles. The average molecular weight is 346 g/mol. The molecule has 1 aliphatic carbocycles. The highest BCUT2D eigenvalue weighted by molar-refractivity contribution is 9.10. The third-order valence-electron chi connectivity index (χ3n) is 4.07. The van der Waals surface area contributed by atoms with Gasteiger partial charge >= 0.3 is 0 Å². The minimum atomic E-state index is 0.497. The van der Waals surface area contributed by atoms with Crippen LogP contribution in [0.15, 0.2) is 46.9 Å². The molecular weight excluding hydrogens is 326 g/mol. The molecule has 3 rings (SSSR count). The highest BCUT2D eigenvalue weighted by Crippen LogP contribution is 2.27. The first-order valence-corrected chi connectivity index (χ1v) is 8.16. The molecule has 3 heteroatoms. The number of nitrogens with one attached hydrogen (secondary N) is 1. The lowest BCUT2D eigenvalue weighted by atomic mass is 9.88. The molecule has 2 aromatic rings. The van der Waals surface area contributed by atoms with Gasteiger partial charge in [-0.2, -0.15) is 0 Å². The molecule has 0 radical (unpaired) electrons. The average Bonchev–Trinajstić information content (AvgIpc) is 2.50. The van der Waals surface area contributed by atoms with E-state index in [2.05, 4.69) is 63.7 Å². The first-order valence-electron chi connectivity index (χ1n) is 7.37. The number of rotatable bonds is 4. The fourth-order valence-electron chi connectivity index (χ4n) is 3.01. The molecule has 1 unspecified atom stereocenters. The minimum absolute atomic E-state index is 0.497. The van der Waals surface area contributed by atoms with Gasteiger partial charge in [0.2, 0.25) is 0 Å². The van der Waals surface area contributed by atoms with Gasteiger partial charge in [-0.25, -0.2) is 0 Å². The zero-order valence-electron chi connectivity index (χ0n) is 12.2. The number of ether oxygens (including phenoxy) is 1. The van der Waals surface area contributed by atoms with Crippen molar-refractivity contribution >= 4 is 21.6 Å². The van der Waals surface area contributed by atoms with Crippen molar-refractivity contribution in [3.8, 4) is 0 Å². The summed E-state index contributed by atoms with van der Waals surface area (Å²) in [7, 11) is 1.74. The van der Waals surface area contributed by atoms with Gasteiger partial charge in [0.15, 0.2) is 0 Å². The van der Waals surface area contributed by atoms with Gasteiger partial charge in [-0.05, 0) is 48.6 Å². The molecule has 0 heterocycles. The molecule has 0 spiro atoms. The van der Waals surface area contributed by atoms with E-state index in [4.69, 9.17) is 4.74 Å². The number of para-hydroxylation sites is 1. The lowest BCUT2D eigenvalue weighted by molar-refractivity contribution is 0.185. The number of aryl methyl sites for hydroxylation is 1. The summed E-state index contributed by atoms with van der Waals surface area (Å²) in [6.45, 7) is 0.652. The van der Waals surface area contributed by atoms with Crippen LogP contribution < -0.4 is 5.32 Å². The quantitative estimate of drug-likeness (QED) is 0.876. The summed E-state index contributed by atoms with van der Waals surface area (Å²) in [6.07, 6.45) is 3.40. The molecule has 110 valence electrons. The number of halogens is 1. The predicted molar refractivity (Wildman–Crippen MR) is 90.7 cm³/mol. The van der Waals surface area contributed by atoms with Crippen LogP contribution in [0.25, 0.3) is 0 Å². The Morgan fingerprint density at radius 1 is 1.19 bits per heavy atom. The van der Waals surface area contributed by atoms with E-state index in [0.717, 1.165) is 12.8 Å². The molecule has 1 atom stereocenters. The summed E-state index contributed by atoms with van der Waals surface area (Å²) in [4.78, 5) is 0. The molecule has 1 N–H and O–H groups in total. The Labute approximate surface area is 134 Å². The van der Waals surface area contributed by atoms with Crippen LogP contribution >= 0.6 is 15.9 Å². The fraction of sp³-hybridized carbons (Fsp3) is 0.333. The Morgan fingerprint density at radius 2 is 2.05 bits per heavy atom. The molecule has 0 bridgehead atoms. The highest BCUT2D eigenvalue weighted by atomic mass is 79.9. The number of fused-ring (bicyclic) bond motifs is 1.